The normalized spacial score (nSPS) is 11.5. The molecule has 0 fully saturated rings. The third kappa shape index (κ3) is 2.99. The minimum atomic E-state index is -0.373. The standard InChI is InChI=1S/C10H12BrFO/c1-10(2,3)13-8-6-4-5-7(11)9(8)12/h4-6H,1-3H3. The van der Waals surface area contributed by atoms with E-state index < -0.39 is 0 Å². The molecule has 72 valence electrons. The average molecular weight is 247 g/mol. The van der Waals surface area contributed by atoms with Crippen LogP contribution >= 0.6 is 15.9 Å². The quantitative estimate of drug-likeness (QED) is 0.734. The van der Waals surface area contributed by atoms with Crippen LogP contribution in [0.5, 0.6) is 5.75 Å². The molecule has 0 heterocycles. The molecule has 0 atom stereocenters. The molecular weight excluding hydrogens is 235 g/mol. The number of rotatable bonds is 1. The average Bonchev–Trinajstić information content (AvgIpc) is 1.96. The zero-order valence-corrected chi connectivity index (χ0v) is 9.48. The summed E-state index contributed by atoms with van der Waals surface area (Å²) >= 11 is 3.10. The van der Waals surface area contributed by atoms with Gasteiger partial charge in [-0.3, -0.25) is 0 Å². The molecule has 13 heavy (non-hydrogen) atoms. The van der Waals surface area contributed by atoms with Crippen molar-refractivity contribution in [3.05, 3.63) is 28.5 Å². The van der Waals surface area contributed by atoms with Gasteiger partial charge in [0.1, 0.15) is 5.60 Å². The maximum Gasteiger partial charge on any atom is 0.179 e. The fraction of sp³-hybridized carbons (Fsp3) is 0.400. The van der Waals surface area contributed by atoms with Gasteiger partial charge in [-0.2, -0.15) is 0 Å². The maximum atomic E-state index is 13.4. The van der Waals surface area contributed by atoms with E-state index in [0.717, 1.165) is 0 Å². The lowest BCUT2D eigenvalue weighted by molar-refractivity contribution is 0.124. The highest BCUT2D eigenvalue weighted by atomic mass is 79.9. The first-order valence-corrected chi connectivity index (χ1v) is 4.82. The van der Waals surface area contributed by atoms with Gasteiger partial charge in [0.25, 0.3) is 0 Å². The van der Waals surface area contributed by atoms with Crippen molar-refractivity contribution in [3.8, 4) is 5.75 Å². The second kappa shape index (κ2) is 3.66. The van der Waals surface area contributed by atoms with E-state index in [0.29, 0.717) is 4.47 Å². The molecule has 1 aromatic carbocycles. The lowest BCUT2D eigenvalue weighted by atomic mass is 10.2. The Bertz CT molecular complexity index is 304. The van der Waals surface area contributed by atoms with Crippen LogP contribution in [0.1, 0.15) is 20.8 Å². The number of ether oxygens (including phenoxy) is 1. The smallest absolute Gasteiger partial charge is 0.179 e. The van der Waals surface area contributed by atoms with Crippen LogP contribution < -0.4 is 4.74 Å². The third-order valence-corrected chi connectivity index (χ3v) is 1.94. The Kier molecular flexibility index (Phi) is 2.96. The molecule has 1 nitrogen and oxygen atoms in total. The van der Waals surface area contributed by atoms with E-state index in [-0.39, 0.29) is 17.2 Å². The van der Waals surface area contributed by atoms with Crippen molar-refractivity contribution in [1.29, 1.82) is 0 Å². The van der Waals surface area contributed by atoms with Crippen LogP contribution in [0.25, 0.3) is 0 Å². The van der Waals surface area contributed by atoms with Gasteiger partial charge in [-0.25, -0.2) is 4.39 Å². The van der Waals surface area contributed by atoms with Crippen molar-refractivity contribution in [2.45, 2.75) is 26.4 Å². The lowest BCUT2D eigenvalue weighted by Crippen LogP contribution is -2.23. The van der Waals surface area contributed by atoms with E-state index in [9.17, 15) is 4.39 Å². The molecule has 1 rings (SSSR count). The minimum Gasteiger partial charge on any atom is -0.485 e. The molecule has 3 heteroatoms. The van der Waals surface area contributed by atoms with Crippen LogP contribution in [0.4, 0.5) is 4.39 Å². The summed E-state index contributed by atoms with van der Waals surface area (Å²) in [6.07, 6.45) is 0. The van der Waals surface area contributed by atoms with Crippen molar-refractivity contribution in [2.75, 3.05) is 0 Å². The van der Waals surface area contributed by atoms with Crippen LogP contribution in [-0.2, 0) is 0 Å². The summed E-state index contributed by atoms with van der Waals surface area (Å²) in [5.41, 5.74) is -0.373. The lowest BCUT2D eigenvalue weighted by Gasteiger charge is -2.21. The Hall–Kier alpha value is -0.570. The van der Waals surface area contributed by atoms with E-state index in [1.165, 1.54) is 0 Å². The van der Waals surface area contributed by atoms with E-state index >= 15 is 0 Å². The molecule has 0 bridgehead atoms. The number of hydrogen-bond acceptors (Lipinski definition) is 1. The molecule has 0 N–H and O–H groups in total. The van der Waals surface area contributed by atoms with E-state index in [1.54, 1.807) is 18.2 Å². The van der Waals surface area contributed by atoms with Gasteiger partial charge in [-0.05, 0) is 48.8 Å². The SMILES string of the molecule is CC(C)(C)Oc1cccc(Br)c1F. The Morgan fingerprint density at radius 3 is 2.46 bits per heavy atom. The monoisotopic (exact) mass is 246 g/mol. The van der Waals surface area contributed by atoms with Crippen molar-refractivity contribution in [1.82, 2.24) is 0 Å². The molecule has 1 aromatic rings. The van der Waals surface area contributed by atoms with Gasteiger partial charge in [0.05, 0.1) is 4.47 Å². The van der Waals surface area contributed by atoms with Gasteiger partial charge < -0.3 is 4.74 Å². The molecule has 0 aliphatic heterocycles. The first kappa shape index (κ1) is 10.5. The van der Waals surface area contributed by atoms with E-state index in [1.807, 2.05) is 20.8 Å². The maximum absolute atomic E-state index is 13.4. The predicted molar refractivity (Wildman–Crippen MR) is 54.5 cm³/mol. The Labute approximate surface area is 86.0 Å². The van der Waals surface area contributed by atoms with Gasteiger partial charge in [-0.15, -0.1) is 0 Å². The third-order valence-electron chi connectivity index (χ3n) is 1.33. The van der Waals surface area contributed by atoms with Crippen molar-refractivity contribution in [3.63, 3.8) is 0 Å². The van der Waals surface area contributed by atoms with Gasteiger partial charge in [0, 0.05) is 0 Å². The highest BCUT2D eigenvalue weighted by Gasteiger charge is 2.15. The second-order valence-electron chi connectivity index (χ2n) is 3.77. The summed E-state index contributed by atoms with van der Waals surface area (Å²) in [7, 11) is 0. The van der Waals surface area contributed by atoms with E-state index in [2.05, 4.69) is 15.9 Å². The summed E-state index contributed by atoms with van der Waals surface area (Å²) in [6.45, 7) is 5.65. The molecule has 0 radical (unpaired) electrons. The Balaban J connectivity index is 2.96. The largest absolute Gasteiger partial charge is 0.485 e. The molecule has 0 saturated heterocycles. The van der Waals surface area contributed by atoms with Crippen LogP contribution in [0, 0.1) is 5.82 Å². The molecule has 0 saturated carbocycles. The number of hydrogen-bond donors (Lipinski definition) is 0. The first-order chi connectivity index (χ1) is 5.90. The number of benzene rings is 1. The Morgan fingerprint density at radius 1 is 1.31 bits per heavy atom. The van der Waals surface area contributed by atoms with Gasteiger partial charge >= 0.3 is 0 Å². The highest BCUT2D eigenvalue weighted by Crippen LogP contribution is 2.27. The minimum absolute atomic E-state index is 0.280. The topological polar surface area (TPSA) is 9.23 Å². The molecule has 0 aliphatic rings. The van der Waals surface area contributed by atoms with Crippen molar-refractivity contribution >= 4 is 15.9 Å². The molecule has 0 spiro atoms. The zero-order chi connectivity index (χ0) is 10.1. The molecule has 0 amide bonds. The first-order valence-electron chi connectivity index (χ1n) is 4.03. The number of halogens is 2. The van der Waals surface area contributed by atoms with Crippen molar-refractivity contribution in [2.24, 2.45) is 0 Å². The Morgan fingerprint density at radius 2 is 1.92 bits per heavy atom. The summed E-state index contributed by atoms with van der Waals surface area (Å²) in [5, 5.41) is 0. The van der Waals surface area contributed by atoms with Crippen LogP contribution in [-0.4, -0.2) is 5.60 Å². The molecule has 0 unspecified atom stereocenters. The highest BCUT2D eigenvalue weighted by molar-refractivity contribution is 9.10. The summed E-state index contributed by atoms with van der Waals surface area (Å²) in [5.74, 6) is -0.0701. The van der Waals surface area contributed by atoms with Gasteiger partial charge in [-0.1, -0.05) is 6.07 Å². The summed E-state index contributed by atoms with van der Waals surface area (Å²) < 4.78 is 19.2. The van der Waals surface area contributed by atoms with Gasteiger partial charge in [0.2, 0.25) is 0 Å². The zero-order valence-electron chi connectivity index (χ0n) is 7.90. The molecule has 0 aromatic heterocycles. The van der Waals surface area contributed by atoms with Gasteiger partial charge in [0.15, 0.2) is 11.6 Å². The van der Waals surface area contributed by atoms with Crippen LogP contribution in [0.15, 0.2) is 22.7 Å². The fourth-order valence-electron chi connectivity index (χ4n) is 0.893. The molecular formula is C10H12BrFO. The van der Waals surface area contributed by atoms with Crippen molar-refractivity contribution < 1.29 is 9.13 Å². The molecule has 0 aliphatic carbocycles. The summed E-state index contributed by atoms with van der Waals surface area (Å²) in [6, 6.07) is 5.00. The van der Waals surface area contributed by atoms with Crippen LogP contribution in [0.2, 0.25) is 0 Å². The van der Waals surface area contributed by atoms with Crippen LogP contribution in [0.3, 0.4) is 0 Å². The summed E-state index contributed by atoms with van der Waals surface area (Å²) in [4.78, 5) is 0. The predicted octanol–water partition coefficient (Wildman–Crippen LogP) is 3.77. The second-order valence-corrected chi connectivity index (χ2v) is 4.62. The van der Waals surface area contributed by atoms with E-state index in [4.69, 9.17) is 4.74 Å². The fourth-order valence-corrected chi connectivity index (χ4v) is 1.24.